The van der Waals surface area contributed by atoms with Crippen LogP contribution >= 0.6 is 0 Å². The fourth-order valence-corrected chi connectivity index (χ4v) is 2.47. The minimum Gasteiger partial charge on any atom is -0.303 e. The predicted octanol–water partition coefficient (Wildman–Crippen LogP) is 4.38. The highest BCUT2D eigenvalue weighted by Gasteiger charge is 2.31. The zero-order valence-electron chi connectivity index (χ0n) is 14.5. The predicted molar refractivity (Wildman–Crippen MR) is 90.5 cm³/mol. The van der Waals surface area contributed by atoms with Crippen molar-refractivity contribution in [3.05, 3.63) is 35.9 Å². The quantitative estimate of drug-likeness (QED) is 0.842. The molecule has 1 rings (SSSR count). The SMILES string of the molecule is CC(C)(C)NC(CCCc1ccccc1)C(=O)C(C)(C)C. The number of carbonyl (C=O) groups is 1. The van der Waals surface area contributed by atoms with Gasteiger partial charge in [0.25, 0.3) is 0 Å². The van der Waals surface area contributed by atoms with Crippen LogP contribution in [0.5, 0.6) is 0 Å². The van der Waals surface area contributed by atoms with E-state index < -0.39 is 0 Å². The summed E-state index contributed by atoms with van der Waals surface area (Å²) in [5.74, 6) is 0.311. The van der Waals surface area contributed by atoms with Crippen LogP contribution in [-0.2, 0) is 11.2 Å². The summed E-state index contributed by atoms with van der Waals surface area (Å²) in [6, 6.07) is 10.4. The zero-order chi connectivity index (χ0) is 16.1. The summed E-state index contributed by atoms with van der Waals surface area (Å²) in [5.41, 5.74) is 1.00. The molecule has 0 heterocycles. The first-order chi connectivity index (χ1) is 9.59. The molecule has 1 unspecified atom stereocenters. The van der Waals surface area contributed by atoms with Gasteiger partial charge in [0, 0.05) is 11.0 Å². The van der Waals surface area contributed by atoms with Crippen LogP contribution in [0.1, 0.15) is 59.9 Å². The van der Waals surface area contributed by atoms with Gasteiger partial charge in [0.05, 0.1) is 6.04 Å². The van der Waals surface area contributed by atoms with Gasteiger partial charge in [-0.2, -0.15) is 0 Å². The number of aryl methyl sites for hydroxylation is 1. The standard InChI is InChI=1S/C19H31NO/c1-18(2,3)17(21)16(20-19(4,5)6)14-10-13-15-11-8-7-9-12-15/h7-9,11-12,16,20H,10,13-14H2,1-6H3. The molecule has 0 amide bonds. The summed E-state index contributed by atoms with van der Waals surface area (Å²) in [6.07, 6.45) is 2.95. The molecule has 1 aromatic carbocycles. The minimum absolute atomic E-state index is 0.0433. The fourth-order valence-electron chi connectivity index (χ4n) is 2.47. The summed E-state index contributed by atoms with van der Waals surface area (Å²) in [7, 11) is 0. The number of hydrogen-bond acceptors (Lipinski definition) is 2. The van der Waals surface area contributed by atoms with Gasteiger partial charge >= 0.3 is 0 Å². The van der Waals surface area contributed by atoms with E-state index in [1.165, 1.54) is 5.56 Å². The summed E-state index contributed by atoms with van der Waals surface area (Å²) >= 11 is 0. The van der Waals surface area contributed by atoms with E-state index in [4.69, 9.17) is 0 Å². The average Bonchev–Trinajstić information content (AvgIpc) is 2.35. The highest BCUT2D eigenvalue weighted by molar-refractivity contribution is 5.88. The lowest BCUT2D eigenvalue weighted by Crippen LogP contribution is -2.50. The molecular weight excluding hydrogens is 258 g/mol. The van der Waals surface area contributed by atoms with Crippen LogP contribution in [0.3, 0.4) is 0 Å². The van der Waals surface area contributed by atoms with Crippen molar-refractivity contribution in [3.63, 3.8) is 0 Å². The zero-order valence-corrected chi connectivity index (χ0v) is 14.5. The van der Waals surface area contributed by atoms with Crippen molar-refractivity contribution in [2.24, 2.45) is 5.41 Å². The molecule has 0 bridgehead atoms. The molecule has 1 aromatic rings. The molecule has 0 aliphatic rings. The van der Waals surface area contributed by atoms with Crippen molar-refractivity contribution in [1.82, 2.24) is 5.32 Å². The van der Waals surface area contributed by atoms with Crippen LogP contribution in [0.15, 0.2) is 30.3 Å². The number of nitrogens with one attached hydrogen (secondary N) is 1. The Morgan fingerprint density at radius 1 is 1.05 bits per heavy atom. The number of Topliss-reactive ketones (excluding diaryl/α,β-unsaturated/α-hetero) is 1. The number of ketones is 1. The smallest absolute Gasteiger partial charge is 0.155 e. The minimum atomic E-state index is -0.296. The second-order valence-corrected chi connectivity index (χ2v) is 7.94. The van der Waals surface area contributed by atoms with E-state index >= 15 is 0 Å². The molecule has 118 valence electrons. The molecule has 2 nitrogen and oxygen atoms in total. The Morgan fingerprint density at radius 3 is 2.10 bits per heavy atom. The van der Waals surface area contributed by atoms with Crippen molar-refractivity contribution in [3.8, 4) is 0 Å². The van der Waals surface area contributed by atoms with E-state index in [1.54, 1.807) is 0 Å². The Balaban J connectivity index is 2.63. The van der Waals surface area contributed by atoms with Crippen LogP contribution in [0, 0.1) is 5.41 Å². The van der Waals surface area contributed by atoms with Crippen molar-refractivity contribution >= 4 is 5.78 Å². The Bertz CT molecular complexity index is 437. The monoisotopic (exact) mass is 289 g/mol. The van der Waals surface area contributed by atoms with Gasteiger partial charge < -0.3 is 5.32 Å². The third-order valence-electron chi connectivity index (χ3n) is 3.46. The molecule has 0 saturated carbocycles. The maximum Gasteiger partial charge on any atom is 0.155 e. The molecule has 0 aromatic heterocycles. The first-order valence-corrected chi connectivity index (χ1v) is 7.95. The van der Waals surface area contributed by atoms with Crippen molar-refractivity contribution in [1.29, 1.82) is 0 Å². The number of hydrogen-bond donors (Lipinski definition) is 1. The molecule has 21 heavy (non-hydrogen) atoms. The van der Waals surface area contributed by atoms with E-state index in [0.29, 0.717) is 5.78 Å². The Hall–Kier alpha value is -1.15. The molecule has 0 saturated heterocycles. The van der Waals surface area contributed by atoms with Gasteiger partial charge in [0.2, 0.25) is 0 Å². The van der Waals surface area contributed by atoms with Crippen molar-refractivity contribution < 1.29 is 4.79 Å². The first kappa shape index (κ1) is 17.9. The summed E-state index contributed by atoms with van der Waals surface area (Å²) in [5, 5.41) is 3.50. The van der Waals surface area contributed by atoms with Crippen molar-refractivity contribution in [2.75, 3.05) is 0 Å². The Morgan fingerprint density at radius 2 is 1.62 bits per heavy atom. The largest absolute Gasteiger partial charge is 0.303 e. The lowest BCUT2D eigenvalue weighted by Gasteiger charge is -2.31. The van der Waals surface area contributed by atoms with E-state index in [9.17, 15) is 4.79 Å². The van der Waals surface area contributed by atoms with Gasteiger partial charge in [-0.1, -0.05) is 51.1 Å². The van der Waals surface area contributed by atoms with Gasteiger partial charge in [0.15, 0.2) is 5.78 Å². The lowest BCUT2D eigenvalue weighted by molar-refractivity contribution is -0.129. The molecule has 1 atom stereocenters. The molecule has 0 aliphatic heterocycles. The Kier molecular flexibility index (Phi) is 6.15. The summed E-state index contributed by atoms with van der Waals surface area (Å²) < 4.78 is 0. The molecular formula is C19H31NO. The molecule has 0 aliphatic carbocycles. The van der Waals surface area contributed by atoms with E-state index in [0.717, 1.165) is 19.3 Å². The summed E-state index contributed by atoms with van der Waals surface area (Å²) in [4.78, 5) is 12.6. The molecule has 1 N–H and O–H groups in total. The van der Waals surface area contributed by atoms with Crippen LogP contribution in [0.4, 0.5) is 0 Å². The van der Waals surface area contributed by atoms with Gasteiger partial charge in [-0.3, -0.25) is 4.79 Å². The fraction of sp³-hybridized carbons (Fsp3) is 0.632. The van der Waals surface area contributed by atoms with Gasteiger partial charge in [-0.15, -0.1) is 0 Å². The van der Waals surface area contributed by atoms with E-state index in [-0.39, 0.29) is 17.0 Å². The number of rotatable bonds is 6. The number of benzene rings is 1. The number of carbonyl (C=O) groups excluding carboxylic acids is 1. The maximum atomic E-state index is 12.6. The summed E-state index contributed by atoms with van der Waals surface area (Å²) in [6.45, 7) is 12.4. The van der Waals surface area contributed by atoms with Crippen LogP contribution < -0.4 is 5.32 Å². The van der Waals surface area contributed by atoms with E-state index in [2.05, 4.69) is 50.4 Å². The normalized spacial score (nSPS) is 14.0. The van der Waals surface area contributed by atoms with Gasteiger partial charge in [0.1, 0.15) is 0 Å². The van der Waals surface area contributed by atoms with Gasteiger partial charge in [-0.25, -0.2) is 0 Å². The van der Waals surface area contributed by atoms with Crippen LogP contribution in [0.25, 0.3) is 0 Å². The Labute approximate surface area is 130 Å². The molecule has 2 heteroatoms. The van der Waals surface area contributed by atoms with E-state index in [1.807, 2.05) is 26.8 Å². The molecule has 0 fully saturated rings. The van der Waals surface area contributed by atoms with Crippen molar-refractivity contribution in [2.45, 2.75) is 72.4 Å². The average molecular weight is 289 g/mol. The molecule has 0 radical (unpaired) electrons. The topological polar surface area (TPSA) is 29.1 Å². The first-order valence-electron chi connectivity index (χ1n) is 7.95. The van der Waals surface area contributed by atoms with Crippen LogP contribution in [-0.4, -0.2) is 17.4 Å². The second kappa shape index (κ2) is 7.22. The van der Waals surface area contributed by atoms with Gasteiger partial charge in [-0.05, 0) is 45.6 Å². The lowest BCUT2D eigenvalue weighted by atomic mass is 9.83. The molecule has 0 spiro atoms. The highest BCUT2D eigenvalue weighted by Crippen LogP contribution is 2.21. The van der Waals surface area contributed by atoms with Crippen LogP contribution in [0.2, 0.25) is 0 Å². The highest BCUT2D eigenvalue weighted by atomic mass is 16.1. The second-order valence-electron chi connectivity index (χ2n) is 7.94. The third kappa shape index (κ3) is 6.90. The maximum absolute atomic E-state index is 12.6. The third-order valence-corrected chi connectivity index (χ3v) is 3.46.